The van der Waals surface area contributed by atoms with E-state index < -0.39 is 0 Å². The van der Waals surface area contributed by atoms with Gasteiger partial charge in [0.15, 0.2) is 17.5 Å². The Labute approximate surface area is 173 Å². The maximum absolute atomic E-state index is 12.0. The molecule has 8 heteroatoms. The molecule has 7 nitrogen and oxygen atoms in total. The highest BCUT2D eigenvalue weighted by molar-refractivity contribution is 7.80. The van der Waals surface area contributed by atoms with Crippen molar-refractivity contribution < 1.29 is 18.7 Å². The molecule has 0 aliphatic heterocycles. The van der Waals surface area contributed by atoms with Crippen molar-refractivity contribution in [2.24, 2.45) is 0 Å². The van der Waals surface area contributed by atoms with Gasteiger partial charge in [0.25, 0.3) is 11.8 Å². The molecule has 0 spiro atoms. The Hall–Kier alpha value is -3.65. The lowest BCUT2D eigenvalue weighted by atomic mass is 10.2. The average Bonchev–Trinajstić information content (AvgIpc) is 3.23. The number of rotatable bonds is 6. The van der Waals surface area contributed by atoms with E-state index >= 15 is 0 Å². The van der Waals surface area contributed by atoms with E-state index in [-0.39, 0.29) is 29.3 Å². The smallest absolute Gasteiger partial charge is 0.291 e. The number of hydrogen-bond acceptors (Lipinski definition) is 5. The largest absolute Gasteiger partial charge is 0.484 e. The lowest BCUT2D eigenvalue weighted by Crippen LogP contribution is -2.37. The maximum atomic E-state index is 12.0. The zero-order valence-electron chi connectivity index (χ0n) is 15.6. The quantitative estimate of drug-likeness (QED) is 0.537. The van der Waals surface area contributed by atoms with E-state index in [9.17, 15) is 9.59 Å². The van der Waals surface area contributed by atoms with Crippen LogP contribution >= 0.6 is 12.2 Å². The maximum Gasteiger partial charge on any atom is 0.291 e. The minimum atomic E-state index is -0.384. The predicted molar refractivity (Wildman–Crippen MR) is 114 cm³/mol. The first-order valence-electron chi connectivity index (χ1n) is 8.75. The van der Waals surface area contributed by atoms with Gasteiger partial charge in [-0.2, -0.15) is 0 Å². The number of ether oxygens (including phenoxy) is 1. The Morgan fingerprint density at radius 3 is 2.41 bits per heavy atom. The molecule has 2 amide bonds. The summed E-state index contributed by atoms with van der Waals surface area (Å²) in [4.78, 5) is 24.0. The summed E-state index contributed by atoms with van der Waals surface area (Å²) >= 11 is 5.16. The van der Waals surface area contributed by atoms with Gasteiger partial charge in [0.05, 0.1) is 6.26 Å². The average molecular weight is 409 g/mol. The molecule has 2 aromatic carbocycles. The summed E-state index contributed by atoms with van der Waals surface area (Å²) in [7, 11) is 0. The fourth-order valence-electron chi connectivity index (χ4n) is 2.38. The third kappa shape index (κ3) is 6.18. The van der Waals surface area contributed by atoms with Gasteiger partial charge < -0.3 is 19.8 Å². The molecule has 0 radical (unpaired) electrons. The second-order valence-corrected chi connectivity index (χ2v) is 6.52. The Morgan fingerprint density at radius 1 is 1.00 bits per heavy atom. The molecular weight excluding hydrogens is 390 g/mol. The van der Waals surface area contributed by atoms with Crippen molar-refractivity contribution in [3.8, 4) is 5.75 Å². The van der Waals surface area contributed by atoms with E-state index in [1.165, 1.54) is 6.26 Å². The molecule has 0 saturated heterocycles. The van der Waals surface area contributed by atoms with Crippen molar-refractivity contribution in [1.29, 1.82) is 0 Å². The lowest BCUT2D eigenvalue weighted by Gasteiger charge is -2.11. The van der Waals surface area contributed by atoms with E-state index in [0.29, 0.717) is 17.1 Å². The zero-order valence-corrected chi connectivity index (χ0v) is 16.4. The monoisotopic (exact) mass is 409 g/mol. The number of furan rings is 1. The Morgan fingerprint density at radius 2 is 1.72 bits per heavy atom. The highest BCUT2D eigenvalue weighted by atomic mass is 32.1. The van der Waals surface area contributed by atoms with Gasteiger partial charge in [-0.25, -0.2) is 0 Å². The summed E-state index contributed by atoms with van der Waals surface area (Å²) in [5.41, 5.74) is 2.26. The summed E-state index contributed by atoms with van der Waals surface area (Å²) in [5.74, 6) is 0.0611. The molecule has 148 valence electrons. The van der Waals surface area contributed by atoms with E-state index in [1.807, 2.05) is 19.1 Å². The summed E-state index contributed by atoms with van der Waals surface area (Å²) in [6.07, 6.45) is 1.43. The van der Waals surface area contributed by atoms with E-state index in [4.69, 9.17) is 21.4 Å². The van der Waals surface area contributed by atoms with Crippen molar-refractivity contribution in [1.82, 2.24) is 5.32 Å². The number of benzene rings is 2. The van der Waals surface area contributed by atoms with E-state index in [2.05, 4.69) is 16.0 Å². The molecule has 3 aromatic rings. The fourth-order valence-corrected chi connectivity index (χ4v) is 2.62. The number of thiocarbonyl (C=S) groups is 1. The summed E-state index contributed by atoms with van der Waals surface area (Å²) in [5, 5.41) is 8.28. The second-order valence-electron chi connectivity index (χ2n) is 6.12. The van der Waals surface area contributed by atoms with Crippen molar-refractivity contribution >= 4 is 40.5 Å². The van der Waals surface area contributed by atoms with Gasteiger partial charge in [0.2, 0.25) is 0 Å². The van der Waals surface area contributed by atoms with Crippen LogP contribution in [0.15, 0.2) is 71.3 Å². The molecule has 0 saturated carbocycles. The molecule has 0 bridgehead atoms. The number of carbonyl (C=O) groups is 2. The number of aryl methyl sites for hydroxylation is 1. The fraction of sp³-hybridized carbons (Fsp3) is 0.0952. The van der Waals surface area contributed by atoms with Crippen molar-refractivity contribution in [2.75, 3.05) is 17.2 Å². The number of amides is 2. The van der Waals surface area contributed by atoms with Crippen LogP contribution in [0.25, 0.3) is 0 Å². The highest BCUT2D eigenvalue weighted by Gasteiger charge is 2.10. The normalized spacial score (nSPS) is 10.1. The molecular formula is C21H19N3O4S. The molecule has 0 unspecified atom stereocenters. The molecule has 0 aliphatic rings. The van der Waals surface area contributed by atoms with Gasteiger partial charge in [0.1, 0.15) is 5.75 Å². The standard InChI is InChI=1S/C21H19N3O4S/c1-14-7-9-17(10-8-14)28-13-19(25)24-21(29)23-16-5-2-4-15(12-16)22-20(26)18-6-3-11-27-18/h2-12H,13H2,1H3,(H,22,26)(H2,23,24,25,29). The van der Waals surface area contributed by atoms with Crippen LogP contribution < -0.4 is 20.7 Å². The van der Waals surface area contributed by atoms with Crippen molar-refractivity contribution in [3.05, 3.63) is 78.3 Å². The van der Waals surface area contributed by atoms with Crippen LogP contribution in [0.3, 0.4) is 0 Å². The van der Waals surface area contributed by atoms with Gasteiger partial charge in [0, 0.05) is 11.4 Å². The van der Waals surface area contributed by atoms with Gasteiger partial charge >= 0.3 is 0 Å². The third-order valence-corrected chi connectivity index (χ3v) is 3.97. The van der Waals surface area contributed by atoms with Gasteiger partial charge in [-0.3, -0.25) is 14.9 Å². The molecule has 0 fully saturated rings. The van der Waals surface area contributed by atoms with Crippen molar-refractivity contribution in [3.63, 3.8) is 0 Å². The van der Waals surface area contributed by atoms with Crippen LogP contribution in [0, 0.1) is 6.92 Å². The summed E-state index contributed by atoms with van der Waals surface area (Å²) in [6.45, 7) is 1.81. The van der Waals surface area contributed by atoms with Crippen molar-refractivity contribution in [2.45, 2.75) is 6.92 Å². The summed E-state index contributed by atoms with van der Waals surface area (Å²) < 4.78 is 10.5. The van der Waals surface area contributed by atoms with Gasteiger partial charge in [-0.05, 0) is 61.6 Å². The number of nitrogens with one attached hydrogen (secondary N) is 3. The Balaban J connectivity index is 1.49. The number of hydrogen-bond donors (Lipinski definition) is 3. The van der Waals surface area contributed by atoms with E-state index in [1.54, 1.807) is 48.5 Å². The van der Waals surface area contributed by atoms with Crippen LogP contribution in [-0.4, -0.2) is 23.5 Å². The van der Waals surface area contributed by atoms with Gasteiger partial charge in [-0.1, -0.05) is 23.8 Å². The summed E-state index contributed by atoms with van der Waals surface area (Å²) in [6, 6.07) is 17.5. The number of carbonyl (C=O) groups excluding carboxylic acids is 2. The van der Waals surface area contributed by atoms with Crippen LogP contribution in [0.4, 0.5) is 11.4 Å². The third-order valence-electron chi connectivity index (χ3n) is 3.77. The molecule has 0 atom stereocenters. The second kappa shape index (κ2) is 9.52. The molecule has 0 aliphatic carbocycles. The Kier molecular flexibility index (Phi) is 6.59. The minimum absolute atomic E-state index is 0.122. The molecule has 1 aromatic heterocycles. The topological polar surface area (TPSA) is 92.6 Å². The highest BCUT2D eigenvalue weighted by Crippen LogP contribution is 2.16. The van der Waals surface area contributed by atoms with Crippen LogP contribution in [-0.2, 0) is 4.79 Å². The predicted octanol–water partition coefficient (Wildman–Crippen LogP) is 3.73. The zero-order chi connectivity index (χ0) is 20.6. The first-order valence-corrected chi connectivity index (χ1v) is 9.15. The lowest BCUT2D eigenvalue weighted by molar-refractivity contribution is -0.121. The first kappa shape index (κ1) is 20.1. The molecule has 3 N–H and O–H groups in total. The SMILES string of the molecule is Cc1ccc(OCC(=O)NC(=S)Nc2cccc(NC(=O)c3ccco3)c2)cc1. The first-order chi connectivity index (χ1) is 14.0. The van der Waals surface area contributed by atoms with E-state index in [0.717, 1.165) is 5.56 Å². The van der Waals surface area contributed by atoms with Crippen LogP contribution in [0.1, 0.15) is 16.1 Å². The molecule has 29 heavy (non-hydrogen) atoms. The molecule has 3 rings (SSSR count). The van der Waals surface area contributed by atoms with Crippen LogP contribution in [0.5, 0.6) is 5.75 Å². The van der Waals surface area contributed by atoms with Gasteiger partial charge in [-0.15, -0.1) is 0 Å². The Bertz CT molecular complexity index is 1000. The molecule has 1 heterocycles. The minimum Gasteiger partial charge on any atom is -0.484 e. The number of anilines is 2. The van der Waals surface area contributed by atoms with Crippen LogP contribution in [0.2, 0.25) is 0 Å².